The number of ether oxygens (including phenoxy) is 2. The molecule has 0 bridgehead atoms. The van der Waals surface area contributed by atoms with Gasteiger partial charge in [-0.25, -0.2) is 4.79 Å². The maximum Gasteiger partial charge on any atom is 0.366 e. The first-order chi connectivity index (χ1) is 15.4. The number of nitrogens with one attached hydrogen (secondary N) is 2. The fourth-order valence-electron chi connectivity index (χ4n) is 2.99. The van der Waals surface area contributed by atoms with Crippen LogP contribution in [0.4, 0.5) is 0 Å². The molecule has 0 aliphatic carbocycles. The largest absolute Gasteiger partial charge is 0.554 e. The molecule has 2 heterocycles. The van der Waals surface area contributed by atoms with Crippen molar-refractivity contribution in [3.63, 3.8) is 0 Å². The molecule has 0 saturated heterocycles. The zero-order chi connectivity index (χ0) is 23.3. The van der Waals surface area contributed by atoms with Gasteiger partial charge in [0, 0.05) is 12.5 Å². The quantitative estimate of drug-likeness (QED) is 0.441. The Labute approximate surface area is 187 Å². The molecule has 0 atom stereocenters. The summed E-state index contributed by atoms with van der Waals surface area (Å²) in [6.45, 7) is 1.23. The summed E-state index contributed by atoms with van der Waals surface area (Å²) in [5.41, 5.74) is 3.73. The molecule has 0 aliphatic rings. The first-order valence-corrected chi connectivity index (χ1v) is 9.57. The van der Waals surface area contributed by atoms with Crippen molar-refractivity contribution in [2.24, 2.45) is 0 Å². The van der Waals surface area contributed by atoms with E-state index in [0.717, 1.165) is 11.3 Å². The van der Waals surface area contributed by atoms with Gasteiger partial charge in [-0.15, -0.1) is 0 Å². The van der Waals surface area contributed by atoms with Gasteiger partial charge in [0.1, 0.15) is 5.75 Å². The van der Waals surface area contributed by atoms with Crippen molar-refractivity contribution in [2.75, 3.05) is 7.11 Å². The molecule has 4 aromatic rings. The summed E-state index contributed by atoms with van der Waals surface area (Å²) in [6, 6.07) is 14.2. The second-order valence-corrected chi connectivity index (χ2v) is 6.91. The number of aryl methyl sites for hydroxylation is 1. The van der Waals surface area contributed by atoms with Crippen molar-refractivity contribution in [3.8, 4) is 28.9 Å². The molecule has 0 spiro atoms. The second-order valence-electron chi connectivity index (χ2n) is 6.50. The van der Waals surface area contributed by atoms with Gasteiger partial charge in [0.2, 0.25) is 5.69 Å². The number of carboxylic acids is 1. The molecule has 0 fully saturated rings. The number of hydrogen-bond acceptors (Lipinski definition) is 6. The Kier molecular flexibility index (Phi) is 6.91. The van der Waals surface area contributed by atoms with Crippen molar-refractivity contribution < 1.29 is 34.3 Å². The molecule has 0 saturated carbocycles. The Morgan fingerprint density at radius 1 is 1.25 bits per heavy atom. The molecule has 32 heavy (non-hydrogen) atoms. The second kappa shape index (κ2) is 9.80. The molecule has 2 aromatic heterocycles. The molecule has 10 heteroatoms. The number of H-pyrrole nitrogens is 2. The van der Waals surface area contributed by atoms with E-state index in [4.69, 9.17) is 31.0 Å². The van der Waals surface area contributed by atoms with Crippen LogP contribution in [0.2, 0.25) is 5.02 Å². The molecule has 0 aliphatic heterocycles. The number of hydrogen-bond donors (Lipinski definition) is 2. The molecule has 0 amide bonds. The molecule has 0 unspecified atom stereocenters. The number of aromatic carboxylic acids is 1. The number of methoxy groups -OCH3 is 1. The van der Waals surface area contributed by atoms with E-state index in [0.29, 0.717) is 33.2 Å². The Bertz CT molecular complexity index is 1290. The minimum Gasteiger partial charge on any atom is -0.554 e. The standard InChI is InChI=1S/C21H16ClN3O4.CH2O2/c1-11-6-7-12(8-13(11)20(26)27)29-21-24-17-9-14(15(22)10-18(17)25-21)16-4-3-5-19(23-16)28-2;2-1-3/h3-10H,1-2H3,(H,24,25)(H,26,27);1H,(H,2,3). The lowest BCUT2D eigenvalue weighted by atomic mass is 10.1. The lowest BCUT2D eigenvalue weighted by Crippen LogP contribution is -2.10. The summed E-state index contributed by atoms with van der Waals surface area (Å²) in [4.78, 5) is 30.2. The highest BCUT2D eigenvalue weighted by molar-refractivity contribution is 6.34. The van der Waals surface area contributed by atoms with Crippen LogP contribution in [0.15, 0.2) is 48.5 Å². The van der Waals surface area contributed by atoms with Crippen LogP contribution in [0.3, 0.4) is 0 Å². The van der Waals surface area contributed by atoms with E-state index in [-0.39, 0.29) is 11.6 Å². The van der Waals surface area contributed by atoms with Crippen LogP contribution in [0, 0.1) is 6.92 Å². The van der Waals surface area contributed by atoms with Crippen LogP contribution in [0.25, 0.3) is 22.3 Å². The fraction of sp³-hybridized carbons (Fsp3) is 0.0909. The molecule has 2 aromatic carbocycles. The fourth-order valence-corrected chi connectivity index (χ4v) is 3.26. The molecule has 3 N–H and O–H groups in total. The van der Waals surface area contributed by atoms with Gasteiger partial charge in [0.25, 0.3) is 6.01 Å². The summed E-state index contributed by atoms with van der Waals surface area (Å²) in [5, 5.41) is 18.1. The predicted octanol–water partition coefficient (Wildman–Crippen LogP) is 2.87. The van der Waals surface area contributed by atoms with E-state index < -0.39 is 12.4 Å². The zero-order valence-electron chi connectivity index (χ0n) is 17.0. The molecular weight excluding hydrogens is 438 g/mol. The summed E-state index contributed by atoms with van der Waals surface area (Å²) in [5.74, 6) is -0.0265. The Morgan fingerprint density at radius 2 is 2.00 bits per heavy atom. The van der Waals surface area contributed by atoms with Gasteiger partial charge in [-0.2, -0.15) is 9.97 Å². The summed E-state index contributed by atoms with van der Waals surface area (Å²) >= 11 is 6.46. The number of carbonyl (C=O) groups is 2. The smallest absolute Gasteiger partial charge is 0.366 e. The number of fused-ring (bicyclic) bond motifs is 1. The number of pyridine rings is 1. The van der Waals surface area contributed by atoms with Crippen LogP contribution in [0.5, 0.6) is 17.6 Å². The van der Waals surface area contributed by atoms with Crippen LogP contribution < -0.4 is 19.6 Å². The highest BCUT2D eigenvalue weighted by Crippen LogP contribution is 2.32. The summed E-state index contributed by atoms with van der Waals surface area (Å²) < 4.78 is 11.0. The first kappa shape index (κ1) is 22.6. The minimum absolute atomic E-state index is 0.178. The van der Waals surface area contributed by atoms with Gasteiger partial charge >= 0.3 is 11.8 Å². The van der Waals surface area contributed by atoms with E-state index in [1.165, 1.54) is 6.07 Å². The highest BCUT2D eigenvalue weighted by Gasteiger charge is 2.16. The lowest BCUT2D eigenvalue weighted by molar-refractivity contribution is -0.380. The van der Waals surface area contributed by atoms with Gasteiger partial charge in [-0.3, -0.25) is 0 Å². The Hall–Kier alpha value is -4.11. The van der Waals surface area contributed by atoms with E-state index in [2.05, 4.69) is 15.0 Å². The third kappa shape index (κ3) is 4.96. The van der Waals surface area contributed by atoms with E-state index in [1.807, 2.05) is 24.3 Å². The Morgan fingerprint density at radius 3 is 2.69 bits per heavy atom. The van der Waals surface area contributed by atoms with Crippen molar-refractivity contribution in [1.29, 1.82) is 0 Å². The average Bonchev–Trinajstić information content (AvgIpc) is 3.15. The molecule has 4 rings (SSSR count). The van der Waals surface area contributed by atoms with Gasteiger partial charge in [0.15, 0.2) is 0 Å². The van der Waals surface area contributed by atoms with E-state index >= 15 is 0 Å². The summed E-state index contributed by atoms with van der Waals surface area (Å²) in [6.07, 6.45) is 0. The highest BCUT2D eigenvalue weighted by atomic mass is 35.5. The van der Waals surface area contributed by atoms with E-state index in [1.54, 1.807) is 32.2 Å². The third-order valence-electron chi connectivity index (χ3n) is 4.48. The van der Waals surface area contributed by atoms with Crippen molar-refractivity contribution in [1.82, 2.24) is 9.97 Å². The monoisotopic (exact) mass is 455 g/mol. The van der Waals surface area contributed by atoms with Gasteiger partial charge in [-0.1, -0.05) is 17.7 Å². The number of rotatable bonds is 5. The molecule has 9 nitrogen and oxygen atoms in total. The number of nitrogens with zero attached hydrogens (tertiary/aromatic N) is 1. The molecule has 0 radical (unpaired) electrons. The van der Waals surface area contributed by atoms with Crippen molar-refractivity contribution in [3.05, 3.63) is 64.7 Å². The topological polar surface area (TPSA) is 139 Å². The number of halogens is 1. The van der Waals surface area contributed by atoms with Crippen LogP contribution in [-0.2, 0) is 4.79 Å². The maximum absolute atomic E-state index is 11.3. The Balaban J connectivity index is 0.000000913. The van der Waals surface area contributed by atoms with Gasteiger partial charge in [0.05, 0.1) is 40.4 Å². The van der Waals surface area contributed by atoms with Crippen molar-refractivity contribution in [2.45, 2.75) is 6.92 Å². The number of carboxylic acid groups (broad SMARTS) is 2. The van der Waals surface area contributed by atoms with Crippen LogP contribution >= 0.6 is 11.6 Å². The number of aromatic nitrogens is 3. The van der Waals surface area contributed by atoms with Crippen molar-refractivity contribution >= 4 is 35.1 Å². The van der Waals surface area contributed by atoms with Gasteiger partial charge < -0.3 is 29.5 Å². The lowest BCUT2D eigenvalue weighted by Gasteiger charge is -2.05. The maximum atomic E-state index is 11.3. The normalized spacial score (nSPS) is 10.2. The first-order valence-electron chi connectivity index (χ1n) is 9.19. The zero-order valence-corrected chi connectivity index (χ0v) is 17.8. The summed E-state index contributed by atoms with van der Waals surface area (Å²) in [7, 11) is 1.58. The third-order valence-corrected chi connectivity index (χ3v) is 4.79. The number of benzene rings is 2. The average molecular weight is 456 g/mol. The molecule has 164 valence electrons. The number of imidazole rings is 1. The predicted molar refractivity (Wildman–Crippen MR) is 114 cm³/mol. The van der Waals surface area contributed by atoms with Gasteiger partial charge in [-0.05, 0) is 42.8 Å². The SMILES string of the molecule is COc1cccc(-c2cc3nc(Oc4ccc(C)c(C(=O)O)c4)[nH]c3cc2Cl)[nH+]1.O=C[O-]. The number of aromatic amines is 2. The van der Waals surface area contributed by atoms with Crippen LogP contribution in [-0.4, -0.2) is 34.6 Å². The minimum atomic E-state index is -1.01. The van der Waals surface area contributed by atoms with Crippen LogP contribution in [0.1, 0.15) is 15.9 Å². The van der Waals surface area contributed by atoms with E-state index in [9.17, 15) is 9.90 Å². The molecular formula is C22H18ClN3O6. The number of carbonyl (C=O) groups excluding carboxylic acids is 1.